The Bertz CT molecular complexity index is 763. The molecule has 0 aliphatic carbocycles. The molecule has 2 saturated heterocycles. The average molecular weight is 392 g/mol. The zero-order valence-corrected chi connectivity index (χ0v) is 17.5. The summed E-state index contributed by atoms with van der Waals surface area (Å²) < 4.78 is 0. The fourth-order valence-corrected chi connectivity index (χ4v) is 5.00. The van der Waals surface area contributed by atoms with Crippen LogP contribution >= 0.6 is 0 Å². The van der Waals surface area contributed by atoms with Crippen LogP contribution in [0, 0.1) is 5.92 Å². The van der Waals surface area contributed by atoms with Gasteiger partial charge < -0.3 is 4.90 Å². The summed E-state index contributed by atoms with van der Waals surface area (Å²) in [5, 5.41) is 0. The van der Waals surface area contributed by atoms with Crippen LogP contribution in [0.15, 0.2) is 60.7 Å². The molecule has 0 N–H and O–H groups in total. The number of benzene rings is 2. The van der Waals surface area contributed by atoms with Gasteiger partial charge in [0.15, 0.2) is 0 Å². The third-order valence-electron chi connectivity index (χ3n) is 6.62. The second-order valence-electron chi connectivity index (χ2n) is 8.50. The molecule has 1 unspecified atom stereocenters. The maximum atomic E-state index is 11.7. The molecule has 2 aromatic carbocycles. The molecule has 4 heteroatoms. The highest BCUT2D eigenvalue weighted by Gasteiger charge is 2.33. The van der Waals surface area contributed by atoms with Crippen LogP contribution in [0.2, 0.25) is 0 Å². The van der Waals surface area contributed by atoms with Crippen LogP contribution in [0.1, 0.15) is 36.9 Å². The van der Waals surface area contributed by atoms with E-state index in [1.54, 1.807) is 6.92 Å². The Morgan fingerprint density at radius 3 is 2.03 bits per heavy atom. The number of carbonyl (C=O) groups is 1. The highest BCUT2D eigenvalue weighted by Crippen LogP contribution is 2.36. The minimum Gasteiger partial charge on any atom is -0.343 e. The van der Waals surface area contributed by atoms with E-state index in [1.807, 2.05) is 4.90 Å². The number of amides is 1. The number of hydrogen-bond donors (Lipinski definition) is 0. The fourth-order valence-electron chi connectivity index (χ4n) is 5.00. The van der Waals surface area contributed by atoms with E-state index in [0.717, 1.165) is 58.7 Å². The maximum Gasteiger partial charge on any atom is 0.219 e. The summed E-state index contributed by atoms with van der Waals surface area (Å²) >= 11 is 0. The third kappa shape index (κ3) is 5.06. The fraction of sp³-hybridized carbons (Fsp3) is 0.480. The van der Waals surface area contributed by atoms with E-state index in [9.17, 15) is 4.79 Å². The van der Waals surface area contributed by atoms with Crippen molar-refractivity contribution < 1.29 is 4.79 Å². The Balaban J connectivity index is 1.42. The molecule has 2 aliphatic rings. The number of hydrogen-bond acceptors (Lipinski definition) is 3. The van der Waals surface area contributed by atoms with Gasteiger partial charge in [-0.25, -0.2) is 0 Å². The molecule has 0 radical (unpaired) electrons. The summed E-state index contributed by atoms with van der Waals surface area (Å²) in [6.07, 6.45) is 2.20. The molecule has 0 spiro atoms. The van der Waals surface area contributed by atoms with Gasteiger partial charge in [0, 0.05) is 58.8 Å². The highest BCUT2D eigenvalue weighted by atomic mass is 16.2. The number of likely N-dealkylation sites (tertiary alicyclic amines) is 1. The van der Waals surface area contributed by atoms with Gasteiger partial charge in [-0.15, -0.1) is 0 Å². The minimum atomic E-state index is 0.217. The molecule has 1 amide bonds. The van der Waals surface area contributed by atoms with Crippen molar-refractivity contribution in [1.29, 1.82) is 0 Å². The summed E-state index contributed by atoms with van der Waals surface area (Å²) in [7, 11) is 0. The van der Waals surface area contributed by atoms with Crippen molar-refractivity contribution in [2.75, 3.05) is 39.3 Å². The Morgan fingerprint density at radius 2 is 1.45 bits per heavy atom. The van der Waals surface area contributed by atoms with Gasteiger partial charge in [-0.05, 0) is 29.9 Å². The maximum absolute atomic E-state index is 11.7. The molecule has 29 heavy (non-hydrogen) atoms. The number of piperidine rings is 1. The van der Waals surface area contributed by atoms with Crippen LogP contribution < -0.4 is 0 Å². The first kappa shape index (κ1) is 20.1. The number of piperazine rings is 1. The molecule has 0 aromatic heterocycles. The van der Waals surface area contributed by atoms with E-state index in [-0.39, 0.29) is 5.91 Å². The highest BCUT2D eigenvalue weighted by molar-refractivity contribution is 5.73. The summed E-state index contributed by atoms with van der Waals surface area (Å²) in [6, 6.07) is 22.3. The molecule has 2 aromatic rings. The van der Waals surface area contributed by atoms with Crippen LogP contribution in [0.4, 0.5) is 0 Å². The van der Waals surface area contributed by atoms with Gasteiger partial charge in [0.1, 0.15) is 0 Å². The van der Waals surface area contributed by atoms with Crippen LogP contribution in [0.5, 0.6) is 0 Å². The van der Waals surface area contributed by atoms with Gasteiger partial charge in [0.2, 0.25) is 5.91 Å². The first-order valence-corrected chi connectivity index (χ1v) is 11.0. The third-order valence-corrected chi connectivity index (χ3v) is 6.62. The molecule has 4 nitrogen and oxygen atoms in total. The molecular weight excluding hydrogens is 358 g/mol. The van der Waals surface area contributed by atoms with Crippen molar-refractivity contribution >= 4 is 5.91 Å². The predicted octanol–water partition coefficient (Wildman–Crippen LogP) is 3.80. The second-order valence-corrected chi connectivity index (χ2v) is 8.50. The molecule has 2 heterocycles. The van der Waals surface area contributed by atoms with Crippen LogP contribution in [0.3, 0.4) is 0 Å². The lowest BCUT2D eigenvalue weighted by molar-refractivity contribution is -0.130. The van der Waals surface area contributed by atoms with E-state index < -0.39 is 0 Å². The first-order chi connectivity index (χ1) is 14.2. The van der Waals surface area contributed by atoms with Gasteiger partial charge in [0.05, 0.1) is 0 Å². The first-order valence-electron chi connectivity index (χ1n) is 11.0. The quantitative estimate of drug-likeness (QED) is 0.776. The van der Waals surface area contributed by atoms with Crippen molar-refractivity contribution in [2.24, 2.45) is 5.92 Å². The molecule has 0 bridgehead atoms. The second kappa shape index (κ2) is 9.55. The van der Waals surface area contributed by atoms with Crippen molar-refractivity contribution in [3.63, 3.8) is 0 Å². The van der Waals surface area contributed by atoms with Gasteiger partial charge in [0.25, 0.3) is 0 Å². The topological polar surface area (TPSA) is 26.8 Å². The molecule has 4 rings (SSSR count). The van der Waals surface area contributed by atoms with Crippen molar-refractivity contribution in [1.82, 2.24) is 14.7 Å². The zero-order valence-electron chi connectivity index (χ0n) is 17.5. The summed E-state index contributed by atoms with van der Waals surface area (Å²) in [4.78, 5) is 19.0. The smallest absolute Gasteiger partial charge is 0.219 e. The number of rotatable bonds is 5. The molecule has 2 aliphatic heterocycles. The molecule has 2 fully saturated rings. The molecule has 0 saturated carbocycles. The molecular formula is C25H33N3O. The van der Waals surface area contributed by atoms with Crippen LogP contribution in [0.25, 0.3) is 0 Å². The summed E-state index contributed by atoms with van der Waals surface area (Å²) in [5.41, 5.74) is 2.84. The van der Waals surface area contributed by atoms with Crippen LogP contribution in [-0.4, -0.2) is 59.9 Å². The average Bonchev–Trinajstić information content (AvgIpc) is 2.77. The lowest BCUT2D eigenvalue weighted by Crippen LogP contribution is -2.50. The summed E-state index contributed by atoms with van der Waals surface area (Å²) in [6.45, 7) is 8.99. The van der Waals surface area contributed by atoms with Gasteiger partial charge in [-0.2, -0.15) is 0 Å². The molecule has 154 valence electrons. The zero-order chi connectivity index (χ0) is 20.1. The standard InChI is InChI=1S/C25H33N3O/c1-21(29)27-14-12-24(13-15-27)25(23-10-6-3-7-11-23)28-18-16-26(17-19-28)20-22-8-4-2-5-9-22/h2-11,24-25H,12-20H2,1H3. The largest absolute Gasteiger partial charge is 0.343 e. The minimum absolute atomic E-state index is 0.217. The van der Waals surface area contributed by atoms with Gasteiger partial charge >= 0.3 is 0 Å². The predicted molar refractivity (Wildman–Crippen MR) is 117 cm³/mol. The van der Waals surface area contributed by atoms with Crippen molar-refractivity contribution in [3.05, 3.63) is 71.8 Å². The van der Waals surface area contributed by atoms with E-state index in [2.05, 4.69) is 70.5 Å². The SMILES string of the molecule is CC(=O)N1CCC(C(c2ccccc2)N2CCN(Cc3ccccc3)CC2)CC1. The Morgan fingerprint density at radius 1 is 0.862 bits per heavy atom. The Hall–Kier alpha value is -2.17. The Labute approximate surface area is 175 Å². The summed E-state index contributed by atoms with van der Waals surface area (Å²) in [5.74, 6) is 0.836. The van der Waals surface area contributed by atoms with E-state index >= 15 is 0 Å². The van der Waals surface area contributed by atoms with Gasteiger partial charge in [-0.1, -0.05) is 60.7 Å². The normalized spacial score (nSPS) is 20.5. The number of carbonyl (C=O) groups excluding carboxylic acids is 1. The number of nitrogens with zero attached hydrogens (tertiary/aromatic N) is 3. The van der Waals surface area contributed by atoms with Crippen molar-refractivity contribution in [3.8, 4) is 0 Å². The lowest BCUT2D eigenvalue weighted by atomic mass is 9.84. The van der Waals surface area contributed by atoms with Crippen molar-refractivity contribution in [2.45, 2.75) is 32.4 Å². The monoisotopic (exact) mass is 391 g/mol. The molecule has 1 atom stereocenters. The van der Waals surface area contributed by atoms with E-state index in [0.29, 0.717) is 12.0 Å². The lowest BCUT2D eigenvalue weighted by Gasteiger charge is -2.45. The van der Waals surface area contributed by atoms with Gasteiger partial charge in [-0.3, -0.25) is 14.6 Å². The van der Waals surface area contributed by atoms with E-state index in [4.69, 9.17) is 0 Å². The van der Waals surface area contributed by atoms with E-state index in [1.165, 1.54) is 11.1 Å². The van der Waals surface area contributed by atoms with Crippen LogP contribution in [-0.2, 0) is 11.3 Å². The Kier molecular flexibility index (Phi) is 6.63.